The van der Waals surface area contributed by atoms with Gasteiger partial charge in [0.05, 0.1) is 6.04 Å². The number of hydrogen-bond donors (Lipinski definition) is 1. The topological polar surface area (TPSA) is 46.9 Å². The summed E-state index contributed by atoms with van der Waals surface area (Å²) in [4.78, 5) is 12.2. The van der Waals surface area contributed by atoms with Gasteiger partial charge in [-0.1, -0.05) is 30.7 Å². The highest BCUT2D eigenvalue weighted by Crippen LogP contribution is 2.36. The largest absolute Gasteiger partial charge is 0.349 e. The molecule has 0 radical (unpaired) electrons. The standard InChI is InChI=1S/C17H21N3O/c1-12-4-5-14-11-13(2)17(15(14)10-12)19-16(21)6-9-20-8-3-7-18-20/h3-5,7-8,10,13,17H,6,9,11H2,1-2H3,(H,19,21)/t13-,17+/m0/s1. The van der Waals surface area contributed by atoms with E-state index in [1.807, 2.05) is 12.3 Å². The second-order valence-corrected chi connectivity index (χ2v) is 5.95. The molecule has 1 aliphatic rings. The van der Waals surface area contributed by atoms with E-state index in [0.717, 1.165) is 6.42 Å². The number of carbonyl (C=O) groups excluding carboxylic acids is 1. The zero-order valence-electron chi connectivity index (χ0n) is 12.5. The summed E-state index contributed by atoms with van der Waals surface area (Å²) in [5.41, 5.74) is 3.90. The first kappa shape index (κ1) is 13.9. The van der Waals surface area contributed by atoms with E-state index in [-0.39, 0.29) is 11.9 Å². The molecule has 1 aromatic carbocycles. The second-order valence-electron chi connectivity index (χ2n) is 5.95. The third kappa shape index (κ3) is 2.99. The highest BCUT2D eigenvalue weighted by Gasteiger charge is 2.30. The fraction of sp³-hybridized carbons (Fsp3) is 0.412. The number of nitrogens with zero attached hydrogens (tertiary/aromatic N) is 2. The van der Waals surface area contributed by atoms with Crippen LogP contribution in [0.15, 0.2) is 36.7 Å². The van der Waals surface area contributed by atoms with Gasteiger partial charge in [-0.2, -0.15) is 5.10 Å². The maximum Gasteiger partial charge on any atom is 0.222 e. The molecule has 0 bridgehead atoms. The van der Waals surface area contributed by atoms with Gasteiger partial charge in [-0.3, -0.25) is 9.48 Å². The zero-order valence-corrected chi connectivity index (χ0v) is 12.5. The molecule has 0 saturated heterocycles. The third-order valence-corrected chi connectivity index (χ3v) is 4.19. The minimum atomic E-state index is 0.0942. The molecule has 1 heterocycles. The van der Waals surface area contributed by atoms with Crippen molar-refractivity contribution in [2.45, 2.75) is 39.3 Å². The Bertz CT molecular complexity index is 633. The van der Waals surface area contributed by atoms with E-state index in [9.17, 15) is 4.79 Å². The summed E-state index contributed by atoms with van der Waals surface area (Å²) in [6.45, 7) is 4.92. The van der Waals surface area contributed by atoms with Crippen molar-refractivity contribution >= 4 is 5.91 Å². The number of amides is 1. The first-order valence-corrected chi connectivity index (χ1v) is 7.49. The monoisotopic (exact) mass is 283 g/mol. The summed E-state index contributed by atoms with van der Waals surface area (Å²) in [5.74, 6) is 0.548. The summed E-state index contributed by atoms with van der Waals surface area (Å²) in [6, 6.07) is 8.56. The highest BCUT2D eigenvalue weighted by atomic mass is 16.1. The van der Waals surface area contributed by atoms with E-state index < -0.39 is 0 Å². The van der Waals surface area contributed by atoms with Crippen molar-refractivity contribution in [2.24, 2.45) is 5.92 Å². The molecule has 0 saturated carbocycles. The molecule has 1 N–H and O–H groups in total. The van der Waals surface area contributed by atoms with Gasteiger partial charge < -0.3 is 5.32 Å². The molecule has 2 aromatic rings. The molecule has 2 atom stereocenters. The van der Waals surface area contributed by atoms with Gasteiger partial charge in [-0.15, -0.1) is 0 Å². The van der Waals surface area contributed by atoms with Crippen LogP contribution in [0.5, 0.6) is 0 Å². The molecule has 0 fully saturated rings. The van der Waals surface area contributed by atoms with Gasteiger partial charge >= 0.3 is 0 Å². The summed E-state index contributed by atoms with van der Waals surface area (Å²) in [5, 5.41) is 7.31. The smallest absolute Gasteiger partial charge is 0.222 e. The predicted molar refractivity (Wildman–Crippen MR) is 81.8 cm³/mol. The van der Waals surface area contributed by atoms with Crippen molar-refractivity contribution < 1.29 is 4.79 Å². The minimum Gasteiger partial charge on any atom is -0.349 e. The number of nitrogens with one attached hydrogen (secondary N) is 1. The molecular weight excluding hydrogens is 262 g/mol. The number of hydrogen-bond acceptors (Lipinski definition) is 2. The van der Waals surface area contributed by atoms with Crippen molar-refractivity contribution in [3.8, 4) is 0 Å². The predicted octanol–water partition coefficient (Wildman–Crippen LogP) is 2.63. The summed E-state index contributed by atoms with van der Waals surface area (Å²) in [7, 11) is 0. The Morgan fingerprint density at radius 2 is 2.33 bits per heavy atom. The highest BCUT2D eigenvalue weighted by molar-refractivity contribution is 5.76. The summed E-state index contributed by atoms with van der Waals surface area (Å²) >= 11 is 0. The van der Waals surface area contributed by atoms with Gasteiger partial charge in [0.15, 0.2) is 0 Å². The van der Waals surface area contributed by atoms with Crippen LogP contribution >= 0.6 is 0 Å². The molecule has 1 aromatic heterocycles. The normalized spacial score (nSPS) is 20.3. The Labute approximate surface area is 125 Å². The van der Waals surface area contributed by atoms with Gasteiger partial charge in [0.1, 0.15) is 0 Å². The SMILES string of the molecule is Cc1ccc2c(c1)[C@H](NC(=O)CCn1cccn1)[C@@H](C)C2. The maximum absolute atomic E-state index is 12.2. The minimum absolute atomic E-state index is 0.0942. The van der Waals surface area contributed by atoms with Crippen LogP contribution in [0.2, 0.25) is 0 Å². The fourth-order valence-corrected chi connectivity index (χ4v) is 3.08. The van der Waals surface area contributed by atoms with E-state index in [0.29, 0.717) is 18.9 Å². The number of aryl methyl sites for hydroxylation is 2. The quantitative estimate of drug-likeness (QED) is 0.937. The van der Waals surface area contributed by atoms with Crippen molar-refractivity contribution in [3.05, 3.63) is 53.3 Å². The number of rotatable bonds is 4. The van der Waals surface area contributed by atoms with E-state index in [2.05, 4.69) is 42.5 Å². The Kier molecular flexibility index (Phi) is 3.78. The number of carbonyl (C=O) groups is 1. The molecule has 4 nitrogen and oxygen atoms in total. The summed E-state index contributed by atoms with van der Waals surface area (Å²) < 4.78 is 1.79. The van der Waals surface area contributed by atoms with Crippen LogP contribution < -0.4 is 5.32 Å². The Hall–Kier alpha value is -2.10. The van der Waals surface area contributed by atoms with E-state index in [4.69, 9.17) is 0 Å². The van der Waals surface area contributed by atoms with E-state index >= 15 is 0 Å². The van der Waals surface area contributed by atoms with Crippen LogP contribution in [0.1, 0.15) is 36.1 Å². The average molecular weight is 283 g/mol. The van der Waals surface area contributed by atoms with Gasteiger partial charge in [0, 0.05) is 25.4 Å². The average Bonchev–Trinajstić information content (AvgIpc) is 3.06. The van der Waals surface area contributed by atoms with Crippen LogP contribution in [0.3, 0.4) is 0 Å². The van der Waals surface area contributed by atoms with E-state index in [1.165, 1.54) is 16.7 Å². The number of benzene rings is 1. The Morgan fingerprint density at radius 3 is 3.10 bits per heavy atom. The molecule has 0 unspecified atom stereocenters. The third-order valence-electron chi connectivity index (χ3n) is 4.19. The van der Waals surface area contributed by atoms with Crippen molar-refractivity contribution in [2.75, 3.05) is 0 Å². The molecule has 1 amide bonds. The number of aromatic nitrogens is 2. The van der Waals surface area contributed by atoms with Crippen LogP contribution in [0.4, 0.5) is 0 Å². The molecule has 110 valence electrons. The van der Waals surface area contributed by atoms with Gasteiger partial charge in [-0.25, -0.2) is 0 Å². The zero-order chi connectivity index (χ0) is 14.8. The molecule has 21 heavy (non-hydrogen) atoms. The van der Waals surface area contributed by atoms with Crippen LogP contribution in [0.25, 0.3) is 0 Å². The van der Waals surface area contributed by atoms with Crippen molar-refractivity contribution in [1.82, 2.24) is 15.1 Å². The molecule has 1 aliphatic carbocycles. The number of fused-ring (bicyclic) bond motifs is 1. The maximum atomic E-state index is 12.2. The van der Waals surface area contributed by atoms with Crippen LogP contribution in [-0.2, 0) is 17.8 Å². The Balaban J connectivity index is 1.65. The van der Waals surface area contributed by atoms with E-state index in [1.54, 1.807) is 10.9 Å². The molecule has 0 aliphatic heterocycles. The second kappa shape index (κ2) is 5.72. The fourth-order valence-electron chi connectivity index (χ4n) is 3.08. The molecular formula is C17H21N3O. The van der Waals surface area contributed by atoms with Crippen LogP contribution in [-0.4, -0.2) is 15.7 Å². The first-order valence-electron chi connectivity index (χ1n) is 7.49. The van der Waals surface area contributed by atoms with Gasteiger partial charge in [0.2, 0.25) is 5.91 Å². The lowest BCUT2D eigenvalue weighted by atomic mass is 10.0. The van der Waals surface area contributed by atoms with Gasteiger partial charge in [0.25, 0.3) is 0 Å². The van der Waals surface area contributed by atoms with Crippen molar-refractivity contribution in [1.29, 1.82) is 0 Å². The lowest BCUT2D eigenvalue weighted by Gasteiger charge is -2.19. The molecule has 3 rings (SSSR count). The van der Waals surface area contributed by atoms with Crippen LogP contribution in [0, 0.1) is 12.8 Å². The Morgan fingerprint density at radius 1 is 1.48 bits per heavy atom. The first-order chi connectivity index (χ1) is 10.1. The lowest BCUT2D eigenvalue weighted by Crippen LogP contribution is -2.31. The van der Waals surface area contributed by atoms with Gasteiger partial charge in [-0.05, 0) is 36.5 Å². The molecule has 0 spiro atoms. The summed E-state index contributed by atoms with van der Waals surface area (Å²) in [6.07, 6.45) is 5.12. The van der Waals surface area contributed by atoms with Crippen molar-refractivity contribution in [3.63, 3.8) is 0 Å². The lowest BCUT2D eigenvalue weighted by molar-refractivity contribution is -0.122. The molecule has 4 heteroatoms.